The highest BCUT2D eigenvalue weighted by Crippen LogP contribution is 2.54. The molecule has 0 radical (unpaired) electrons. The summed E-state index contributed by atoms with van der Waals surface area (Å²) in [5, 5.41) is 0.0577. The van der Waals surface area contributed by atoms with Crippen LogP contribution in [0.3, 0.4) is 0 Å². The molecule has 24 heavy (non-hydrogen) atoms. The fraction of sp³-hybridized carbons (Fsp3) is 0.667. The Morgan fingerprint density at radius 2 is 1.75 bits per heavy atom. The number of hydrogen-bond donors (Lipinski definition) is 0. The molecule has 4 rings (SSSR count). The average Bonchev–Trinajstić information content (AvgIpc) is 2.62. The summed E-state index contributed by atoms with van der Waals surface area (Å²) >= 11 is 6.46. The highest BCUT2D eigenvalue weighted by Gasteiger charge is 2.45. The van der Waals surface area contributed by atoms with Gasteiger partial charge in [-0.25, -0.2) is 4.39 Å². The minimum atomic E-state index is -0.208. The van der Waals surface area contributed by atoms with Gasteiger partial charge in [0.2, 0.25) is 0 Å². The van der Waals surface area contributed by atoms with Crippen LogP contribution in [0.1, 0.15) is 63.4 Å². The molecular weight excluding hydrogens is 323 g/mol. The van der Waals surface area contributed by atoms with E-state index in [0.29, 0.717) is 5.41 Å². The van der Waals surface area contributed by atoms with Gasteiger partial charge < -0.3 is 4.79 Å². The second-order valence-electron chi connectivity index (χ2n) is 7.95. The minimum absolute atomic E-state index is 0.0577. The van der Waals surface area contributed by atoms with E-state index >= 15 is 0 Å². The van der Waals surface area contributed by atoms with Gasteiger partial charge in [-0.2, -0.15) is 0 Å². The summed E-state index contributed by atoms with van der Waals surface area (Å²) in [6, 6.07) is 6.58. The van der Waals surface area contributed by atoms with E-state index in [1.54, 1.807) is 12.1 Å². The molecule has 0 saturated heterocycles. The lowest BCUT2D eigenvalue weighted by Crippen LogP contribution is -2.40. The van der Waals surface area contributed by atoms with Gasteiger partial charge in [-0.1, -0.05) is 18.6 Å². The van der Waals surface area contributed by atoms with E-state index in [4.69, 9.17) is 11.6 Å². The first-order valence-electron chi connectivity index (χ1n) is 9.45. The Bertz CT molecular complexity index is 520. The lowest BCUT2D eigenvalue weighted by atomic mass is 9.55. The number of aldehydes is 1. The first-order chi connectivity index (χ1) is 11.6. The maximum Gasteiger partial charge on any atom is 0.123 e. The number of carbonyl (C=O) groups is 1. The molecule has 3 fully saturated rings. The van der Waals surface area contributed by atoms with Crippen molar-refractivity contribution in [2.24, 2.45) is 17.3 Å². The molecule has 1 aromatic rings. The van der Waals surface area contributed by atoms with Crippen LogP contribution < -0.4 is 0 Å². The Morgan fingerprint density at radius 3 is 2.33 bits per heavy atom. The smallest absolute Gasteiger partial charge is 0.123 e. The Hall–Kier alpha value is -0.890. The van der Waals surface area contributed by atoms with Crippen LogP contribution in [0.25, 0.3) is 0 Å². The van der Waals surface area contributed by atoms with E-state index in [0.717, 1.165) is 37.2 Å². The molecule has 1 aromatic carbocycles. The third-order valence-corrected chi connectivity index (χ3v) is 6.88. The monoisotopic (exact) mass is 350 g/mol. The number of rotatable bonds is 8. The van der Waals surface area contributed by atoms with Gasteiger partial charge >= 0.3 is 0 Å². The van der Waals surface area contributed by atoms with Crippen LogP contribution in [0.4, 0.5) is 4.39 Å². The maximum absolute atomic E-state index is 12.9. The fourth-order valence-corrected chi connectivity index (χ4v) is 5.23. The van der Waals surface area contributed by atoms with Crippen molar-refractivity contribution in [2.45, 2.75) is 69.6 Å². The summed E-state index contributed by atoms with van der Waals surface area (Å²) in [7, 11) is 0. The summed E-state index contributed by atoms with van der Waals surface area (Å²) in [6.07, 6.45) is 12.6. The van der Waals surface area contributed by atoms with E-state index in [9.17, 15) is 9.18 Å². The SMILES string of the molecule is O=CC(CCCC(Cl)Cc1ccc(F)cc1)C12CCC(CC1)CC2. The van der Waals surface area contributed by atoms with Crippen molar-refractivity contribution in [2.75, 3.05) is 0 Å². The Balaban J connectivity index is 1.45. The number of fused-ring (bicyclic) bond motifs is 3. The molecule has 2 unspecified atom stereocenters. The molecule has 3 aliphatic carbocycles. The van der Waals surface area contributed by atoms with Crippen LogP contribution >= 0.6 is 11.6 Å². The van der Waals surface area contributed by atoms with Gasteiger partial charge in [-0.05, 0) is 86.8 Å². The third kappa shape index (κ3) is 4.20. The Labute approximate surface area is 150 Å². The zero-order valence-electron chi connectivity index (χ0n) is 14.4. The lowest BCUT2D eigenvalue weighted by molar-refractivity contribution is -0.119. The van der Waals surface area contributed by atoms with Crippen molar-refractivity contribution in [3.63, 3.8) is 0 Å². The van der Waals surface area contributed by atoms with E-state index in [2.05, 4.69) is 0 Å². The number of carbonyl (C=O) groups excluding carboxylic acids is 1. The van der Waals surface area contributed by atoms with Gasteiger partial charge in [0.15, 0.2) is 0 Å². The van der Waals surface area contributed by atoms with Crippen molar-refractivity contribution < 1.29 is 9.18 Å². The summed E-state index contributed by atoms with van der Waals surface area (Å²) in [5.74, 6) is 0.940. The summed E-state index contributed by atoms with van der Waals surface area (Å²) in [6.45, 7) is 0. The molecule has 132 valence electrons. The molecular formula is C21H28ClFO. The highest BCUT2D eigenvalue weighted by atomic mass is 35.5. The van der Waals surface area contributed by atoms with Gasteiger partial charge in [-0.3, -0.25) is 0 Å². The van der Waals surface area contributed by atoms with E-state index in [-0.39, 0.29) is 17.1 Å². The first kappa shape index (κ1) is 17.9. The predicted molar refractivity (Wildman–Crippen MR) is 96.8 cm³/mol. The lowest BCUT2D eigenvalue weighted by Gasteiger charge is -2.49. The van der Waals surface area contributed by atoms with Crippen LogP contribution in [0.15, 0.2) is 24.3 Å². The van der Waals surface area contributed by atoms with Crippen LogP contribution in [0.2, 0.25) is 0 Å². The molecule has 3 saturated carbocycles. The molecule has 0 heterocycles. The largest absolute Gasteiger partial charge is 0.303 e. The van der Waals surface area contributed by atoms with Crippen molar-refractivity contribution in [3.8, 4) is 0 Å². The number of alkyl halides is 1. The summed E-state index contributed by atoms with van der Waals surface area (Å²) in [4.78, 5) is 11.7. The highest BCUT2D eigenvalue weighted by molar-refractivity contribution is 6.20. The zero-order valence-corrected chi connectivity index (χ0v) is 15.1. The molecule has 0 amide bonds. The number of halogens is 2. The van der Waals surface area contributed by atoms with Crippen molar-refractivity contribution in [1.29, 1.82) is 0 Å². The molecule has 3 heteroatoms. The summed E-state index contributed by atoms with van der Waals surface area (Å²) < 4.78 is 12.9. The molecule has 3 aliphatic rings. The average molecular weight is 351 g/mol. The normalized spacial score (nSPS) is 28.5. The molecule has 0 spiro atoms. The van der Waals surface area contributed by atoms with Crippen LogP contribution in [0.5, 0.6) is 0 Å². The second-order valence-corrected chi connectivity index (χ2v) is 8.56. The Kier molecular flexibility index (Phi) is 5.97. The predicted octanol–water partition coefficient (Wildman–Crippen LogP) is 5.93. The molecule has 0 aliphatic heterocycles. The van der Waals surface area contributed by atoms with E-state index in [1.165, 1.54) is 56.9 Å². The van der Waals surface area contributed by atoms with Crippen molar-refractivity contribution in [3.05, 3.63) is 35.6 Å². The van der Waals surface area contributed by atoms with Crippen LogP contribution in [-0.4, -0.2) is 11.7 Å². The standard InChI is InChI=1S/C21H28ClFO/c22-19(14-17-4-6-20(23)7-5-17)3-1-2-18(15-24)21-11-8-16(9-12-21)10-13-21/h4-7,15-16,18-19H,1-3,8-14H2. The topological polar surface area (TPSA) is 17.1 Å². The number of hydrogen-bond acceptors (Lipinski definition) is 1. The Morgan fingerprint density at radius 1 is 1.12 bits per heavy atom. The van der Waals surface area contributed by atoms with Gasteiger partial charge in [0, 0.05) is 11.3 Å². The first-order valence-corrected chi connectivity index (χ1v) is 9.89. The quantitative estimate of drug-likeness (QED) is 0.419. The van der Waals surface area contributed by atoms with Gasteiger partial charge in [0.05, 0.1) is 0 Å². The molecule has 0 N–H and O–H groups in total. The van der Waals surface area contributed by atoms with Crippen molar-refractivity contribution >= 4 is 17.9 Å². The maximum atomic E-state index is 12.9. The molecule has 1 nitrogen and oxygen atoms in total. The van der Waals surface area contributed by atoms with Crippen molar-refractivity contribution in [1.82, 2.24) is 0 Å². The van der Waals surface area contributed by atoms with Crippen LogP contribution in [0, 0.1) is 23.1 Å². The zero-order chi connectivity index (χ0) is 17.0. The van der Waals surface area contributed by atoms with Gasteiger partial charge in [0.1, 0.15) is 12.1 Å². The van der Waals surface area contributed by atoms with Gasteiger partial charge in [0.25, 0.3) is 0 Å². The minimum Gasteiger partial charge on any atom is -0.303 e. The summed E-state index contributed by atoms with van der Waals surface area (Å²) in [5.41, 5.74) is 1.38. The van der Waals surface area contributed by atoms with Crippen LogP contribution in [-0.2, 0) is 11.2 Å². The molecule has 0 aromatic heterocycles. The van der Waals surface area contributed by atoms with E-state index in [1.807, 2.05) is 0 Å². The molecule has 2 atom stereocenters. The fourth-order valence-electron chi connectivity index (χ4n) is 4.90. The van der Waals surface area contributed by atoms with E-state index < -0.39 is 0 Å². The second kappa shape index (κ2) is 7.99. The van der Waals surface area contributed by atoms with Gasteiger partial charge in [-0.15, -0.1) is 11.6 Å². The molecule has 2 bridgehead atoms. The number of benzene rings is 1. The third-order valence-electron chi connectivity index (χ3n) is 6.51.